The number of ether oxygens (including phenoxy) is 1. The highest BCUT2D eigenvalue weighted by atomic mass is 32.2. The van der Waals surface area contributed by atoms with Gasteiger partial charge in [0.15, 0.2) is 12.4 Å². The summed E-state index contributed by atoms with van der Waals surface area (Å²) in [6.45, 7) is 4.45. The lowest BCUT2D eigenvalue weighted by molar-refractivity contribution is -0.145. The first-order valence-electron chi connectivity index (χ1n) is 10.4. The van der Waals surface area contributed by atoms with E-state index in [4.69, 9.17) is 4.74 Å². The smallest absolute Gasteiger partial charge is 0.324 e. The molecule has 33 heavy (non-hydrogen) atoms. The van der Waals surface area contributed by atoms with Crippen molar-refractivity contribution in [2.24, 2.45) is 5.92 Å². The van der Waals surface area contributed by atoms with Crippen LogP contribution in [0.3, 0.4) is 0 Å². The molecule has 0 saturated carbocycles. The zero-order valence-electron chi connectivity index (χ0n) is 18.6. The van der Waals surface area contributed by atoms with E-state index in [1.807, 2.05) is 6.92 Å². The van der Waals surface area contributed by atoms with Gasteiger partial charge in [0.05, 0.1) is 0 Å². The first-order chi connectivity index (χ1) is 15.5. The number of hydrogen-bond acceptors (Lipinski definition) is 6. The molecule has 0 unspecified atom stereocenters. The second kappa shape index (κ2) is 11.7. The molecule has 0 heterocycles. The summed E-state index contributed by atoms with van der Waals surface area (Å²) in [5, 5.41) is 2.70. The van der Waals surface area contributed by atoms with Crippen LogP contribution >= 0.6 is 0 Å². The summed E-state index contributed by atoms with van der Waals surface area (Å²) in [6, 6.07) is 9.55. The van der Waals surface area contributed by atoms with Crippen LogP contribution in [0.15, 0.2) is 53.4 Å². The maximum absolute atomic E-state index is 13.9. The third kappa shape index (κ3) is 7.47. The number of carbonyl (C=O) groups is 3. The van der Waals surface area contributed by atoms with Crippen LogP contribution in [0.5, 0.6) is 0 Å². The van der Waals surface area contributed by atoms with Crippen molar-refractivity contribution in [1.82, 2.24) is 4.72 Å². The molecule has 0 aliphatic heterocycles. The summed E-state index contributed by atoms with van der Waals surface area (Å²) in [6.07, 6.45) is 1.09. The summed E-state index contributed by atoms with van der Waals surface area (Å²) in [5.41, 5.74) is 0.786. The van der Waals surface area contributed by atoms with Gasteiger partial charge in [-0.1, -0.05) is 32.9 Å². The molecule has 2 rings (SSSR count). The number of nitrogens with one attached hydrogen (secondary N) is 2. The molecule has 0 aliphatic rings. The monoisotopic (exact) mass is 478 g/mol. The number of amides is 1. The van der Waals surface area contributed by atoms with E-state index in [9.17, 15) is 27.2 Å². The van der Waals surface area contributed by atoms with Crippen molar-refractivity contribution in [3.8, 4) is 0 Å². The van der Waals surface area contributed by atoms with Gasteiger partial charge in [0, 0.05) is 17.7 Å². The van der Waals surface area contributed by atoms with Crippen molar-refractivity contribution >= 4 is 33.4 Å². The summed E-state index contributed by atoms with van der Waals surface area (Å²) >= 11 is 0. The highest BCUT2D eigenvalue weighted by Gasteiger charge is 2.31. The van der Waals surface area contributed by atoms with Gasteiger partial charge >= 0.3 is 5.97 Å². The van der Waals surface area contributed by atoms with Gasteiger partial charge in [-0.3, -0.25) is 14.4 Å². The molecule has 1 amide bonds. The van der Waals surface area contributed by atoms with Crippen LogP contribution in [-0.4, -0.2) is 38.7 Å². The number of benzene rings is 2. The van der Waals surface area contributed by atoms with Crippen molar-refractivity contribution < 1.29 is 31.9 Å². The number of sulfonamides is 1. The van der Waals surface area contributed by atoms with Gasteiger partial charge in [0.2, 0.25) is 15.9 Å². The van der Waals surface area contributed by atoms with Crippen LogP contribution in [0.1, 0.15) is 44.0 Å². The molecule has 0 saturated heterocycles. The molecule has 2 N–H and O–H groups in total. The predicted octanol–water partition coefficient (Wildman–Crippen LogP) is 3.29. The first-order valence-corrected chi connectivity index (χ1v) is 11.9. The Labute approximate surface area is 192 Å². The Hall–Kier alpha value is -3.11. The van der Waals surface area contributed by atoms with Gasteiger partial charge in [-0.15, -0.1) is 0 Å². The summed E-state index contributed by atoms with van der Waals surface area (Å²) in [5.74, 6) is -3.08. The number of halogens is 1. The largest absolute Gasteiger partial charge is 0.456 e. The van der Waals surface area contributed by atoms with E-state index in [2.05, 4.69) is 10.0 Å². The fraction of sp³-hybridized carbons (Fsp3) is 0.348. The molecule has 10 heteroatoms. The molecule has 0 bridgehead atoms. The van der Waals surface area contributed by atoms with Crippen molar-refractivity contribution in [2.45, 2.75) is 44.6 Å². The number of anilines is 1. The Bertz CT molecular complexity index is 1100. The number of hydrogen-bond donors (Lipinski definition) is 2. The zero-order valence-corrected chi connectivity index (χ0v) is 19.4. The minimum atomic E-state index is -4.34. The Morgan fingerprint density at radius 2 is 1.67 bits per heavy atom. The van der Waals surface area contributed by atoms with Gasteiger partial charge in [-0.2, -0.15) is 4.72 Å². The van der Waals surface area contributed by atoms with E-state index in [0.29, 0.717) is 18.5 Å². The molecule has 8 nitrogen and oxygen atoms in total. The van der Waals surface area contributed by atoms with Crippen LogP contribution in [0.2, 0.25) is 0 Å². The van der Waals surface area contributed by atoms with Crippen molar-refractivity contribution in [1.29, 1.82) is 0 Å². The molecular formula is C23H27FN2O6S. The molecular weight excluding hydrogens is 451 g/mol. The van der Waals surface area contributed by atoms with Crippen LogP contribution in [0, 0.1) is 11.7 Å². The molecule has 0 aromatic heterocycles. The number of esters is 1. The van der Waals surface area contributed by atoms with E-state index in [0.717, 1.165) is 12.1 Å². The average Bonchev–Trinajstić information content (AvgIpc) is 2.76. The van der Waals surface area contributed by atoms with Crippen LogP contribution in [-0.2, 0) is 24.3 Å². The summed E-state index contributed by atoms with van der Waals surface area (Å²) in [7, 11) is -4.34. The third-order valence-electron chi connectivity index (χ3n) is 4.64. The normalized spacial score (nSPS) is 12.3. The van der Waals surface area contributed by atoms with Gasteiger partial charge in [-0.05, 0) is 48.7 Å². The highest BCUT2D eigenvalue weighted by molar-refractivity contribution is 7.89. The maximum Gasteiger partial charge on any atom is 0.324 e. The quantitative estimate of drug-likeness (QED) is 0.378. The SMILES string of the molecule is CCCC(=O)Nc1ccc(C(=O)COC(=O)[C@@H](NS(=O)(=O)c2ccccc2F)C(C)C)cc1. The van der Waals surface area contributed by atoms with Gasteiger partial charge in [0.25, 0.3) is 0 Å². The number of Topliss-reactive ketones (excluding diaryl/α,β-unsaturated/α-hetero) is 1. The van der Waals surface area contributed by atoms with Crippen LogP contribution < -0.4 is 10.0 Å². The van der Waals surface area contributed by atoms with Gasteiger partial charge in [0.1, 0.15) is 16.8 Å². The van der Waals surface area contributed by atoms with Gasteiger partial charge < -0.3 is 10.1 Å². The molecule has 178 valence electrons. The Morgan fingerprint density at radius 3 is 2.24 bits per heavy atom. The van der Waals surface area contributed by atoms with Crippen LogP contribution in [0.4, 0.5) is 10.1 Å². The molecule has 0 spiro atoms. The Kier molecular flexibility index (Phi) is 9.24. The average molecular weight is 479 g/mol. The molecule has 0 aliphatic carbocycles. The molecule has 2 aromatic rings. The maximum atomic E-state index is 13.9. The number of rotatable bonds is 11. The lowest BCUT2D eigenvalue weighted by Crippen LogP contribution is -2.45. The van der Waals surface area contributed by atoms with Crippen LogP contribution in [0.25, 0.3) is 0 Å². The molecule has 1 atom stereocenters. The minimum absolute atomic E-state index is 0.136. The van der Waals surface area contributed by atoms with Crippen molar-refractivity contribution in [2.75, 3.05) is 11.9 Å². The highest BCUT2D eigenvalue weighted by Crippen LogP contribution is 2.16. The Morgan fingerprint density at radius 1 is 1.03 bits per heavy atom. The third-order valence-corrected chi connectivity index (χ3v) is 6.12. The molecule has 0 fully saturated rings. The summed E-state index contributed by atoms with van der Waals surface area (Å²) < 4.78 is 46.2. The second-order valence-electron chi connectivity index (χ2n) is 7.68. The van der Waals surface area contributed by atoms with E-state index in [1.54, 1.807) is 26.0 Å². The first kappa shape index (κ1) is 26.1. The van der Waals surface area contributed by atoms with Crippen molar-refractivity contribution in [3.63, 3.8) is 0 Å². The minimum Gasteiger partial charge on any atom is -0.456 e. The van der Waals surface area contributed by atoms with E-state index >= 15 is 0 Å². The lowest BCUT2D eigenvalue weighted by atomic mass is 10.1. The molecule has 2 aromatic carbocycles. The number of ketones is 1. The number of carbonyl (C=O) groups excluding carboxylic acids is 3. The van der Waals surface area contributed by atoms with Crippen molar-refractivity contribution in [3.05, 3.63) is 59.9 Å². The summed E-state index contributed by atoms with van der Waals surface area (Å²) in [4.78, 5) is 35.9. The van der Waals surface area contributed by atoms with E-state index < -0.39 is 51.1 Å². The zero-order chi connectivity index (χ0) is 24.6. The standard InChI is InChI=1S/C23H27FN2O6S/c1-4-7-21(28)25-17-12-10-16(11-13-17)19(27)14-32-23(29)22(15(2)3)26-33(30,31)20-9-6-5-8-18(20)24/h5-6,8-13,15,22,26H,4,7,14H2,1-3H3,(H,25,28)/t22-/m0/s1. The fourth-order valence-electron chi connectivity index (χ4n) is 2.85. The Balaban J connectivity index is 2.01. The lowest BCUT2D eigenvalue weighted by Gasteiger charge is -2.20. The topological polar surface area (TPSA) is 119 Å². The fourth-order valence-corrected chi connectivity index (χ4v) is 4.26. The van der Waals surface area contributed by atoms with E-state index in [1.165, 1.54) is 24.3 Å². The second-order valence-corrected chi connectivity index (χ2v) is 9.36. The van der Waals surface area contributed by atoms with E-state index in [-0.39, 0.29) is 11.5 Å². The molecule has 0 radical (unpaired) electrons. The predicted molar refractivity (Wildman–Crippen MR) is 121 cm³/mol. The van der Waals surface area contributed by atoms with Gasteiger partial charge in [-0.25, -0.2) is 12.8 Å².